The molecule has 1 aromatic rings. The minimum atomic E-state index is -0.244. The Morgan fingerprint density at radius 1 is 1.30 bits per heavy atom. The van der Waals surface area contributed by atoms with Crippen LogP contribution in [0.1, 0.15) is 33.6 Å². The molecule has 20 heavy (non-hydrogen) atoms. The molecule has 0 aliphatic rings. The highest BCUT2D eigenvalue weighted by molar-refractivity contribution is 5.32. The van der Waals surface area contributed by atoms with E-state index in [0.717, 1.165) is 24.3 Å². The summed E-state index contributed by atoms with van der Waals surface area (Å²) < 4.78 is 10.9. The summed E-state index contributed by atoms with van der Waals surface area (Å²) >= 11 is 0. The molecule has 0 aliphatic carbocycles. The summed E-state index contributed by atoms with van der Waals surface area (Å²) in [6, 6.07) is 7.94. The van der Waals surface area contributed by atoms with Gasteiger partial charge < -0.3 is 19.9 Å². The third kappa shape index (κ3) is 5.80. The highest BCUT2D eigenvalue weighted by Gasteiger charge is 2.23. The van der Waals surface area contributed by atoms with Gasteiger partial charge in [-0.3, -0.25) is 0 Å². The van der Waals surface area contributed by atoms with E-state index in [1.165, 1.54) is 0 Å². The van der Waals surface area contributed by atoms with Crippen LogP contribution in [0.3, 0.4) is 0 Å². The molecule has 0 aliphatic heterocycles. The molecule has 1 aromatic carbocycles. The van der Waals surface area contributed by atoms with Gasteiger partial charge in [0, 0.05) is 17.6 Å². The Balaban J connectivity index is 2.36. The molecule has 1 atom stereocenters. The van der Waals surface area contributed by atoms with Crippen molar-refractivity contribution in [2.75, 3.05) is 20.3 Å². The van der Waals surface area contributed by atoms with Crippen molar-refractivity contribution >= 4 is 0 Å². The van der Waals surface area contributed by atoms with Crippen molar-refractivity contribution in [1.29, 1.82) is 0 Å². The van der Waals surface area contributed by atoms with E-state index in [9.17, 15) is 5.11 Å². The summed E-state index contributed by atoms with van der Waals surface area (Å²) in [5, 5.41) is 12.9. The first-order valence-corrected chi connectivity index (χ1v) is 7.14. The van der Waals surface area contributed by atoms with Crippen LogP contribution in [0.2, 0.25) is 0 Å². The van der Waals surface area contributed by atoms with E-state index in [0.29, 0.717) is 12.6 Å². The van der Waals surface area contributed by atoms with Crippen LogP contribution in [0.5, 0.6) is 11.5 Å². The minimum absolute atomic E-state index is 0.129. The molecule has 0 aromatic heterocycles. The normalized spacial score (nSPS) is 14.1. The molecule has 0 saturated carbocycles. The van der Waals surface area contributed by atoms with E-state index in [4.69, 9.17) is 9.47 Å². The number of aliphatic hydroxyl groups excluding tert-OH is 1. The maximum absolute atomic E-state index is 9.50. The van der Waals surface area contributed by atoms with Crippen molar-refractivity contribution in [1.82, 2.24) is 5.32 Å². The van der Waals surface area contributed by atoms with Crippen LogP contribution in [-0.2, 0) is 0 Å². The maximum atomic E-state index is 9.50. The smallest absolute Gasteiger partial charge is 0.122 e. The Morgan fingerprint density at radius 2 is 2.00 bits per heavy atom. The van der Waals surface area contributed by atoms with Crippen molar-refractivity contribution in [3.05, 3.63) is 24.3 Å². The first-order valence-electron chi connectivity index (χ1n) is 7.14. The lowest BCUT2D eigenvalue weighted by Crippen LogP contribution is -2.49. The second kappa shape index (κ2) is 8.12. The van der Waals surface area contributed by atoms with Gasteiger partial charge in [0.1, 0.15) is 11.5 Å². The summed E-state index contributed by atoms with van der Waals surface area (Å²) in [5.74, 6) is 1.61. The number of nitrogens with one attached hydrogen (secondary N) is 1. The van der Waals surface area contributed by atoms with Crippen molar-refractivity contribution in [2.24, 2.45) is 0 Å². The van der Waals surface area contributed by atoms with Crippen LogP contribution in [-0.4, -0.2) is 37.0 Å². The summed E-state index contributed by atoms with van der Waals surface area (Å²) in [4.78, 5) is 0. The molecule has 0 spiro atoms. The fourth-order valence-corrected chi connectivity index (χ4v) is 2.24. The predicted molar refractivity (Wildman–Crippen MR) is 81.5 cm³/mol. The quantitative estimate of drug-likeness (QED) is 0.683. The second-order valence-corrected chi connectivity index (χ2v) is 5.65. The lowest BCUT2D eigenvalue weighted by molar-refractivity contribution is 0.147. The van der Waals surface area contributed by atoms with Crippen LogP contribution in [0, 0.1) is 0 Å². The van der Waals surface area contributed by atoms with Gasteiger partial charge in [-0.05, 0) is 31.9 Å². The molecule has 0 amide bonds. The molecule has 114 valence electrons. The lowest BCUT2D eigenvalue weighted by atomic mass is 9.96. The highest BCUT2D eigenvalue weighted by atomic mass is 16.5. The van der Waals surface area contributed by atoms with Gasteiger partial charge in [0.2, 0.25) is 0 Å². The van der Waals surface area contributed by atoms with E-state index < -0.39 is 0 Å². The van der Waals surface area contributed by atoms with E-state index >= 15 is 0 Å². The Hall–Kier alpha value is -1.26. The zero-order chi connectivity index (χ0) is 15.0. The van der Waals surface area contributed by atoms with Gasteiger partial charge in [0.05, 0.1) is 20.3 Å². The fraction of sp³-hybridized carbons (Fsp3) is 0.625. The number of methoxy groups -OCH3 is 1. The van der Waals surface area contributed by atoms with E-state index in [-0.39, 0.29) is 12.1 Å². The molecule has 0 radical (unpaired) electrons. The zero-order valence-electron chi connectivity index (χ0n) is 13.0. The predicted octanol–water partition coefficient (Wildman–Crippen LogP) is 2.60. The van der Waals surface area contributed by atoms with Crippen LogP contribution in [0.15, 0.2) is 24.3 Å². The maximum Gasteiger partial charge on any atom is 0.122 e. The zero-order valence-corrected chi connectivity index (χ0v) is 13.0. The first-order chi connectivity index (χ1) is 9.49. The SMILES string of the molecule is COc1cccc(OCCCC(C)(CO)NC(C)C)c1. The molecule has 2 N–H and O–H groups in total. The molecule has 1 rings (SSSR count). The van der Waals surface area contributed by atoms with Gasteiger partial charge in [0.15, 0.2) is 0 Å². The summed E-state index contributed by atoms with van der Waals surface area (Å²) in [7, 11) is 1.64. The van der Waals surface area contributed by atoms with Gasteiger partial charge in [-0.15, -0.1) is 0 Å². The molecule has 4 nitrogen and oxygen atoms in total. The summed E-state index contributed by atoms with van der Waals surface area (Å²) in [6.45, 7) is 6.97. The van der Waals surface area contributed by atoms with Crippen LogP contribution < -0.4 is 14.8 Å². The van der Waals surface area contributed by atoms with Gasteiger partial charge >= 0.3 is 0 Å². The lowest BCUT2D eigenvalue weighted by Gasteiger charge is -2.31. The van der Waals surface area contributed by atoms with Gasteiger partial charge in [-0.1, -0.05) is 19.9 Å². The largest absolute Gasteiger partial charge is 0.497 e. The van der Waals surface area contributed by atoms with Gasteiger partial charge in [0.25, 0.3) is 0 Å². The molecular formula is C16H27NO3. The number of ether oxygens (including phenoxy) is 2. The van der Waals surface area contributed by atoms with Crippen molar-refractivity contribution in [3.63, 3.8) is 0 Å². The average molecular weight is 281 g/mol. The number of benzene rings is 1. The fourth-order valence-electron chi connectivity index (χ4n) is 2.24. The van der Waals surface area contributed by atoms with E-state index in [2.05, 4.69) is 19.2 Å². The Labute approximate surface area is 122 Å². The van der Waals surface area contributed by atoms with Crippen molar-refractivity contribution in [3.8, 4) is 11.5 Å². The topological polar surface area (TPSA) is 50.7 Å². The Morgan fingerprint density at radius 3 is 2.60 bits per heavy atom. The second-order valence-electron chi connectivity index (χ2n) is 5.65. The number of hydrogen-bond donors (Lipinski definition) is 2. The highest BCUT2D eigenvalue weighted by Crippen LogP contribution is 2.20. The third-order valence-corrected chi connectivity index (χ3v) is 3.17. The molecule has 0 saturated heterocycles. The molecule has 0 fully saturated rings. The average Bonchev–Trinajstić information content (AvgIpc) is 2.43. The summed E-state index contributed by atoms with van der Waals surface area (Å²) in [6.07, 6.45) is 1.75. The van der Waals surface area contributed by atoms with E-state index in [1.807, 2.05) is 31.2 Å². The van der Waals surface area contributed by atoms with Gasteiger partial charge in [-0.25, -0.2) is 0 Å². The molecule has 1 unspecified atom stereocenters. The number of rotatable bonds is 9. The number of hydrogen-bond acceptors (Lipinski definition) is 4. The minimum Gasteiger partial charge on any atom is -0.497 e. The molecule has 0 bridgehead atoms. The molecular weight excluding hydrogens is 254 g/mol. The first kappa shape index (κ1) is 16.8. The van der Waals surface area contributed by atoms with Crippen molar-refractivity contribution in [2.45, 2.75) is 45.2 Å². The van der Waals surface area contributed by atoms with Crippen LogP contribution in [0.25, 0.3) is 0 Å². The molecule has 0 heterocycles. The van der Waals surface area contributed by atoms with Crippen molar-refractivity contribution < 1.29 is 14.6 Å². The monoisotopic (exact) mass is 281 g/mol. The number of aliphatic hydroxyl groups is 1. The standard InChI is InChI=1S/C16H27NO3/c1-13(2)17-16(3,12-18)9-6-10-20-15-8-5-7-14(11-15)19-4/h5,7-8,11,13,17-18H,6,9-10,12H2,1-4H3. The van der Waals surface area contributed by atoms with Crippen LogP contribution in [0.4, 0.5) is 0 Å². The summed E-state index contributed by atoms with van der Waals surface area (Å²) in [5.41, 5.74) is -0.244. The molecule has 4 heteroatoms. The van der Waals surface area contributed by atoms with Crippen LogP contribution >= 0.6 is 0 Å². The Kier molecular flexibility index (Phi) is 6.82. The van der Waals surface area contributed by atoms with Gasteiger partial charge in [-0.2, -0.15) is 0 Å². The third-order valence-electron chi connectivity index (χ3n) is 3.17. The Bertz CT molecular complexity index is 395. The van der Waals surface area contributed by atoms with E-state index in [1.54, 1.807) is 7.11 Å².